The van der Waals surface area contributed by atoms with Crippen molar-refractivity contribution in [3.05, 3.63) is 60.1 Å². The number of ether oxygens (including phenoxy) is 4. The third kappa shape index (κ3) is 5.89. The molecule has 5 fully saturated rings. The number of hydrogen-bond donors (Lipinski definition) is 0. The molecule has 5 aliphatic rings. The Morgan fingerprint density at radius 1 is 1.15 bits per heavy atom. The van der Waals surface area contributed by atoms with Crippen LogP contribution in [0.2, 0.25) is 0 Å². The van der Waals surface area contributed by atoms with Crippen LogP contribution in [-0.4, -0.2) is 100 Å². The number of piperidine rings is 1. The van der Waals surface area contributed by atoms with Crippen LogP contribution in [0.4, 0.5) is 15.0 Å². The summed E-state index contributed by atoms with van der Waals surface area (Å²) in [6.07, 6.45) is 12.1. The minimum Gasteiger partial charge on any atom is -0.468 e. The Labute approximate surface area is 314 Å². The quantitative estimate of drug-likeness (QED) is 0.110. The van der Waals surface area contributed by atoms with Gasteiger partial charge < -0.3 is 23.8 Å². The third-order valence-corrected chi connectivity index (χ3v) is 11.7. The van der Waals surface area contributed by atoms with Gasteiger partial charge in [0.05, 0.1) is 23.0 Å². The fraction of sp³-hybridized carbons (Fsp3) is 0.476. The molecule has 2 aromatic heterocycles. The van der Waals surface area contributed by atoms with Gasteiger partial charge in [-0.15, -0.1) is 6.42 Å². The molecule has 9 rings (SSSR count). The Morgan fingerprint density at radius 2 is 1.94 bits per heavy atom. The number of hydrogen-bond acceptors (Lipinski definition) is 10. The van der Waals surface area contributed by atoms with Crippen LogP contribution in [0.25, 0.3) is 32.9 Å². The number of rotatable bonds is 8. The van der Waals surface area contributed by atoms with E-state index in [1.807, 2.05) is 49.9 Å². The summed E-state index contributed by atoms with van der Waals surface area (Å²) in [5.74, 6) is 3.83. The molecule has 280 valence electrons. The first-order valence-corrected chi connectivity index (χ1v) is 18.8. The van der Waals surface area contributed by atoms with E-state index in [9.17, 15) is 4.79 Å². The van der Waals surface area contributed by atoms with E-state index in [0.717, 1.165) is 37.6 Å². The second kappa shape index (κ2) is 12.8. The minimum absolute atomic E-state index is 0.0155. The first-order valence-electron chi connectivity index (χ1n) is 18.8. The van der Waals surface area contributed by atoms with Crippen molar-refractivity contribution in [1.82, 2.24) is 24.8 Å². The molecule has 5 atom stereocenters. The number of piperazine rings is 1. The molecule has 12 heteroatoms. The Kier molecular flexibility index (Phi) is 8.24. The van der Waals surface area contributed by atoms with E-state index in [2.05, 4.69) is 22.3 Å². The van der Waals surface area contributed by atoms with Gasteiger partial charge in [0.1, 0.15) is 35.0 Å². The molecule has 2 aromatic carbocycles. The molecule has 1 aliphatic carbocycles. The Balaban J connectivity index is 1.14. The van der Waals surface area contributed by atoms with Crippen molar-refractivity contribution in [2.75, 3.05) is 45.0 Å². The van der Waals surface area contributed by atoms with Gasteiger partial charge in [-0.05, 0) is 82.4 Å². The number of halogens is 1. The number of fused-ring (bicyclic) bond motifs is 7. The minimum atomic E-state index is -0.621. The third-order valence-electron chi connectivity index (χ3n) is 11.7. The van der Waals surface area contributed by atoms with Gasteiger partial charge in [0.15, 0.2) is 12.6 Å². The zero-order chi connectivity index (χ0) is 37.5. The Hall–Kier alpha value is -4.99. The number of terminal acetylenes is 1. The monoisotopic (exact) mass is 732 g/mol. The predicted molar refractivity (Wildman–Crippen MR) is 203 cm³/mol. The van der Waals surface area contributed by atoms with E-state index in [0.29, 0.717) is 65.1 Å². The second-order valence-corrected chi connectivity index (χ2v) is 16.6. The average Bonchev–Trinajstić information content (AvgIpc) is 3.60. The van der Waals surface area contributed by atoms with E-state index in [-0.39, 0.29) is 47.7 Å². The lowest BCUT2D eigenvalue weighted by atomic mass is 9.92. The molecule has 6 heterocycles. The lowest BCUT2D eigenvalue weighted by Crippen LogP contribution is -2.57. The first-order chi connectivity index (χ1) is 25.9. The number of carbonyl (C=O) groups is 1. The fourth-order valence-electron chi connectivity index (χ4n) is 9.52. The van der Waals surface area contributed by atoms with Crippen molar-refractivity contribution >= 4 is 33.6 Å². The van der Waals surface area contributed by atoms with Crippen molar-refractivity contribution in [2.45, 2.75) is 82.1 Å². The van der Waals surface area contributed by atoms with Crippen molar-refractivity contribution in [3.63, 3.8) is 0 Å². The maximum atomic E-state index is 17.4. The number of benzene rings is 2. The van der Waals surface area contributed by atoms with Crippen LogP contribution in [0, 0.1) is 24.1 Å². The molecule has 0 spiro atoms. The SMILES string of the molecule is C#Cc1cccc2cc(OCOC)cc(-c3ncc4c(N5CC6CCC(C5)N6C(=O)OC(C)(C)C)nc(OCC56CC(=C)CN5[C@@H]5C[C@@H]5C6)nc4c3F)c12. The number of nitrogens with zero attached hydrogens (tertiary/aromatic N) is 6. The van der Waals surface area contributed by atoms with Crippen LogP contribution in [0.5, 0.6) is 11.8 Å². The van der Waals surface area contributed by atoms with Crippen molar-refractivity contribution < 1.29 is 28.1 Å². The summed E-state index contributed by atoms with van der Waals surface area (Å²) in [6.45, 7) is 12.2. The number of methoxy groups -OCH3 is 1. The lowest BCUT2D eigenvalue weighted by Gasteiger charge is -2.42. The van der Waals surface area contributed by atoms with E-state index < -0.39 is 11.4 Å². The van der Waals surface area contributed by atoms with Crippen LogP contribution in [-0.2, 0) is 9.47 Å². The van der Waals surface area contributed by atoms with Crippen LogP contribution >= 0.6 is 0 Å². The van der Waals surface area contributed by atoms with E-state index in [4.69, 9.17) is 40.3 Å². The number of carbonyl (C=O) groups excluding carboxylic acids is 1. The van der Waals surface area contributed by atoms with Gasteiger partial charge >= 0.3 is 12.1 Å². The van der Waals surface area contributed by atoms with Crippen LogP contribution < -0.4 is 14.4 Å². The Morgan fingerprint density at radius 3 is 2.69 bits per heavy atom. The molecular weight excluding hydrogens is 687 g/mol. The topological polar surface area (TPSA) is 102 Å². The van der Waals surface area contributed by atoms with Gasteiger partial charge in [-0.3, -0.25) is 14.8 Å². The van der Waals surface area contributed by atoms with Crippen molar-refractivity contribution in [1.29, 1.82) is 0 Å². The molecule has 0 radical (unpaired) electrons. The molecule has 3 unspecified atom stereocenters. The second-order valence-electron chi connectivity index (χ2n) is 16.6. The normalized spacial score (nSPS) is 25.9. The molecule has 2 bridgehead atoms. The van der Waals surface area contributed by atoms with Gasteiger partial charge in [-0.2, -0.15) is 9.97 Å². The summed E-state index contributed by atoms with van der Waals surface area (Å²) in [6, 6.07) is 9.68. The van der Waals surface area contributed by atoms with Crippen LogP contribution in [0.1, 0.15) is 58.4 Å². The summed E-state index contributed by atoms with van der Waals surface area (Å²) < 4.78 is 40.7. The van der Waals surface area contributed by atoms with Crippen molar-refractivity contribution in [3.8, 4) is 35.4 Å². The van der Waals surface area contributed by atoms with Gasteiger partial charge in [-0.25, -0.2) is 9.18 Å². The number of pyridine rings is 1. The molecule has 11 nitrogen and oxygen atoms in total. The van der Waals surface area contributed by atoms with Gasteiger partial charge in [-0.1, -0.05) is 30.2 Å². The van der Waals surface area contributed by atoms with Gasteiger partial charge in [0.2, 0.25) is 0 Å². The molecule has 4 saturated heterocycles. The predicted octanol–water partition coefficient (Wildman–Crippen LogP) is 6.71. The average molecular weight is 733 g/mol. The van der Waals surface area contributed by atoms with E-state index in [1.54, 1.807) is 19.4 Å². The zero-order valence-electron chi connectivity index (χ0n) is 31.2. The van der Waals surface area contributed by atoms with Gasteiger partial charge in [0.25, 0.3) is 0 Å². The summed E-state index contributed by atoms with van der Waals surface area (Å²) in [5, 5.41) is 1.91. The number of anilines is 1. The van der Waals surface area contributed by atoms with Gasteiger partial charge in [0, 0.05) is 55.5 Å². The van der Waals surface area contributed by atoms with Crippen LogP contribution in [0.3, 0.4) is 0 Å². The fourth-order valence-corrected chi connectivity index (χ4v) is 9.52. The lowest BCUT2D eigenvalue weighted by molar-refractivity contribution is 0.0122. The number of amides is 1. The maximum Gasteiger partial charge on any atom is 0.410 e. The highest BCUT2D eigenvalue weighted by atomic mass is 19.1. The molecule has 1 saturated carbocycles. The molecule has 1 amide bonds. The summed E-state index contributed by atoms with van der Waals surface area (Å²) in [7, 11) is 1.54. The molecule has 4 aromatic rings. The highest BCUT2D eigenvalue weighted by molar-refractivity contribution is 6.03. The number of aromatic nitrogens is 3. The highest BCUT2D eigenvalue weighted by Gasteiger charge is 2.62. The molecular formula is C42H45FN6O5. The standard InChI is InChI=1S/C42H45FN6O5/c1-7-25-9-8-10-26-13-30(53-23-51-6)15-31(34(25)26)36-35(43)37-32(18-44-36)38(47-20-28-11-12-29(21-47)49(28)40(50)54-41(3,4)5)46-39(45-37)52-22-42-16-24(2)19-48(42)33-14-27(33)17-42/h1,8-10,13,15,18,27-29,33H,2,11-12,14,16-17,19-23H2,3-6H3/t27-,28?,29?,33-,42?/m1/s1. The first kappa shape index (κ1) is 34.8. The highest BCUT2D eigenvalue weighted by Crippen LogP contribution is 2.57. The maximum absolute atomic E-state index is 17.4. The molecule has 4 aliphatic heterocycles. The van der Waals surface area contributed by atoms with Crippen molar-refractivity contribution in [2.24, 2.45) is 5.92 Å². The summed E-state index contributed by atoms with van der Waals surface area (Å²) in [5.41, 5.74) is 1.70. The summed E-state index contributed by atoms with van der Waals surface area (Å²) in [4.78, 5) is 34.4. The van der Waals surface area contributed by atoms with Crippen LogP contribution in [0.15, 0.2) is 48.7 Å². The van der Waals surface area contributed by atoms with E-state index in [1.165, 1.54) is 12.0 Å². The summed E-state index contributed by atoms with van der Waals surface area (Å²) >= 11 is 0. The Bertz CT molecular complexity index is 2240. The van der Waals surface area contributed by atoms with E-state index >= 15 is 4.39 Å². The smallest absolute Gasteiger partial charge is 0.410 e. The molecule has 0 N–H and O–H groups in total. The zero-order valence-corrected chi connectivity index (χ0v) is 31.2. The largest absolute Gasteiger partial charge is 0.468 e. The molecule has 54 heavy (non-hydrogen) atoms.